The molecular formula is C11H18N2O. The first-order valence-corrected chi connectivity index (χ1v) is 5.28. The van der Waals surface area contributed by atoms with Crippen LogP contribution >= 0.6 is 0 Å². The molecule has 1 fully saturated rings. The lowest BCUT2D eigenvalue weighted by atomic mass is 9.82. The molecule has 2 rings (SSSR count). The molecule has 3 heteroatoms. The van der Waals surface area contributed by atoms with Crippen molar-refractivity contribution < 1.29 is 4.42 Å². The van der Waals surface area contributed by atoms with E-state index < -0.39 is 0 Å². The Bertz CT molecular complexity index is 271. The van der Waals surface area contributed by atoms with Gasteiger partial charge in [0, 0.05) is 18.5 Å². The smallest absolute Gasteiger partial charge is 0.107 e. The average molecular weight is 194 g/mol. The van der Waals surface area contributed by atoms with Gasteiger partial charge in [-0.15, -0.1) is 0 Å². The molecule has 14 heavy (non-hydrogen) atoms. The minimum absolute atomic E-state index is 0.492. The number of hydrogen-bond donors (Lipinski definition) is 2. The van der Waals surface area contributed by atoms with E-state index in [1.807, 2.05) is 6.07 Å². The van der Waals surface area contributed by atoms with E-state index in [4.69, 9.17) is 10.2 Å². The van der Waals surface area contributed by atoms with Crippen molar-refractivity contribution in [3.8, 4) is 0 Å². The summed E-state index contributed by atoms with van der Waals surface area (Å²) >= 11 is 0. The second-order valence-corrected chi connectivity index (χ2v) is 4.16. The number of nitrogens with one attached hydrogen (secondary N) is 1. The molecule has 78 valence electrons. The summed E-state index contributed by atoms with van der Waals surface area (Å²) in [7, 11) is 0. The zero-order valence-electron chi connectivity index (χ0n) is 8.57. The summed E-state index contributed by atoms with van der Waals surface area (Å²) in [6.45, 7) is 3.94. The van der Waals surface area contributed by atoms with E-state index in [2.05, 4.69) is 18.3 Å². The summed E-state index contributed by atoms with van der Waals surface area (Å²) < 4.78 is 5.47. The van der Waals surface area contributed by atoms with Crippen molar-refractivity contribution in [2.75, 3.05) is 13.1 Å². The van der Waals surface area contributed by atoms with E-state index in [1.165, 1.54) is 0 Å². The molecule has 2 heterocycles. The van der Waals surface area contributed by atoms with E-state index in [0.717, 1.165) is 25.3 Å². The Hall–Kier alpha value is -0.800. The van der Waals surface area contributed by atoms with Gasteiger partial charge in [0.1, 0.15) is 5.76 Å². The van der Waals surface area contributed by atoms with Crippen molar-refractivity contribution in [3.05, 3.63) is 24.2 Å². The van der Waals surface area contributed by atoms with Crippen LogP contribution in [0.2, 0.25) is 0 Å². The lowest BCUT2D eigenvalue weighted by Crippen LogP contribution is -2.44. The first kappa shape index (κ1) is 9.74. The second-order valence-electron chi connectivity index (χ2n) is 4.16. The highest BCUT2D eigenvalue weighted by atomic mass is 16.3. The first-order valence-electron chi connectivity index (χ1n) is 5.28. The number of nitrogens with two attached hydrogens (primary N) is 1. The van der Waals surface area contributed by atoms with Crippen molar-refractivity contribution in [3.63, 3.8) is 0 Å². The van der Waals surface area contributed by atoms with Crippen LogP contribution in [0.3, 0.4) is 0 Å². The van der Waals surface area contributed by atoms with Gasteiger partial charge in [-0.1, -0.05) is 0 Å². The van der Waals surface area contributed by atoms with Crippen LogP contribution in [-0.4, -0.2) is 19.1 Å². The summed E-state index contributed by atoms with van der Waals surface area (Å²) in [5, 5.41) is 3.45. The Morgan fingerprint density at radius 3 is 3.14 bits per heavy atom. The van der Waals surface area contributed by atoms with Gasteiger partial charge >= 0.3 is 0 Å². The van der Waals surface area contributed by atoms with Crippen molar-refractivity contribution >= 4 is 0 Å². The molecule has 3 unspecified atom stereocenters. The normalized spacial score (nSPS) is 33.1. The van der Waals surface area contributed by atoms with Crippen LogP contribution in [0.5, 0.6) is 0 Å². The molecule has 0 amide bonds. The molecule has 0 aromatic carbocycles. The molecule has 0 aliphatic carbocycles. The molecule has 3 atom stereocenters. The van der Waals surface area contributed by atoms with Crippen LogP contribution < -0.4 is 11.1 Å². The Kier molecular flexibility index (Phi) is 2.89. The molecule has 0 bridgehead atoms. The van der Waals surface area contributed by atoms with Gasteiger partial charge in [-0.3, -0.25) is 0 Å². The monoisotopic (exact) mass is 194 g/mol. The van der Waals surface area contributed by atoms with E-state index in [9.17, 15) is 0 Å². The van der Waals surface area contributed by atoms with Gasteiger partial charge < -0.3 is 15.5 Å². The summed E-state index contributed by atoms with van der Waals surface area (Å²) in [4.78, 5) is 0. The highest BCUT2D eigenvalue weighted by molar-refractivity contribution is 5.09. The number of hydrogen-bond acceptors (Lipinski definition) is 3. The van der Waals surface area contributed by atoms with Crippen LogP contribution in [0.4, 0.5) is 0 Å². The molecule has 1 aliphatic heterocycles. The Morgan fingerprint density at radius 1 is 1.64 bits per heavy atom. The van der Waals surface area contributed by atoms with Crippen LogP contribution in [0.15, 0.2) is 22.8 Å². The minimum Gasteiger partial charge on any atom is -0.469 e. The van der Waals surface area contributed by atoms with Crippen LogP contribution in [0.1, 0.15) is 25.0 Å². The van der Waals surface area contributed by atoms with Gasteiger partial charge in [0.15, 0.2) is 0 Å². The Morgan fingerprint density at radius 2 is 2.50 bits per heavy atom. The maximum Gasteiger partial charge on any atom is 0.107 e. The fourth-order valence-electron chi connectivity index (χ4n) is 2.25. The lowest BCUT2D eigenvalue weighted by Gasteiger charge is -2.33. The van der Waals surface area contributed by atoms with Crippen molar-refractivity contribution in [1.82, 2.24) is 5.32 Å². The van der Waals surface area contributed by atoms with E-state index in [1.54, 1.807) is 6.26 Å². The molecule has 3 nitrogen and oxygen atoms in total. The predicted octanol–water partition coefficient (Wildman–Crippen LogP) is 1.32. The Labute approximate surface area is 84.7 Å². The van der Waals surface area contributed by atoms with E-state index in [0.29, 0.717) is 17.9 Å². The van der Waals surface area contributed by atoms with Crippen LogP contribution in [0, 0.1) is 5.92 Å². The predicted molar refractivity (Wildman–Crippen MR) is 56.1 cm³/mol. The molecule has 1 aromatic rings. The fraction of sp³-hybridized carbons (Fsp3) is 0.636. The van der Waals surface area contributed by atoms with Crippen molar-refractivity contribution in [2.45, 2.75) is 25.3 Å². The van der Waals surface area contributed by atoms with Gasteiger partial charge in [-0.05, 0) is 37.9 Å². The largest absolute Gasteiger partial charge is 0.469 e. The van der Waals surface area contributed by atoms with Crippen LogP contribution in [0.25, 0.3) is 0 Å². The molecule has 3 N–H and O–H groups in total. The highest BCUT2D eigenvalue weighted by Crippen LogP contribution is 2.31. The maximum atomic E-state index is 5.76. The maximum absolute atomic E-state index is 5.76. The molecule has 0 spiro atoms. The average Bonchev–Trinajstić information content (AvgIpc) is 2.70. The van der Waals surface area contributed by atoms with Gasteiger partial charge in [0.05, 0.1) is 6.26 Å². The molecule has 0 saturated carbocycles. The zero-order valence-corrected chi connectivity index (χ0v) is 8.57. The lowest BCUT2D eigenvalue weighted by molar-refractivity contribution is 0.256. The zero-order chi connectivity index (χ0) is 9.97. The molecule has 0 radical (unpaired) electrons. The summed E-state index contributed by atoms with van der Waals surface area (Å²) in [6.07, 6.45) is 2.87. The topological polar surface area (TPSA) is 51.2 Å². The third-order valence-electron chi connectivity index (χ3n) is 3.12. The number of rotatable bonds is 2. The van der Waals surface area contributed by atoms with Crippen molar-refractivity contribution in [1.29, 1.82) is 0 Å². The van der Waals surface area contributed by atoms with Gasteiger partial charge in [-0.25, -0.2) is 0 Å². The second kappa shape index (κ2) is 4.15. The van der Waals surface area contributed by atoms with E-state index >= 15 is 0 Å². The SMILES string of the molecule is CC1CC(c2ccco2)C(CN)CN1. The summed E-state index contributed by atoms with van der Waals surface area (Å²) in [5.74, 6) is 2.09. The fourth-order valence-corrected chi connectivity index (χ4v) is 2.25. The minimum atomic E-state index is 0.492. The highest BCUT2D eigenvalue weighted by Gasteiger charge is 2.30. The molecular weight excluding hydrogens is 176 g/mol. The van der Waals surface area contributed by atoms with Gasteiger partial charge in [0.25, 0.3) is 0 Å². The van der Waals surface area contributed by atoms with Crippen LogP contribution in [-0.2, 0) is 0 Å². The standard InChI is InChI=1S/C11H18N2O/c1-8-5-10(9(6-12)7-13-8)11-3-2-4-14-11/h2-4,8-10,13H,5-7,12H2,1H3. The summed E-state index contributed by atoms with van der Waals surface area (Å²) in [6, 6.07) is 4.58. The Balaban J connectivity index is 2.13. The summed E-state index contributed by atoms with van der Waals surface area (Å²) in [5.41, 5.74) is 5.76. The van der Waals surface area contributed by atoms with E-state index in [-0.39, 0.29) is 0 Å². The van der Waals surface area contributed by atoms with Gasteiger partial charge in [-0.2, -0.15) is 0 Å². The van der Waals surface area contributed by atoms with Crippen molar-refractivity contribution in [2.24, 2.45) is 11.7 Å². The number of furan rings is 1. The van der Waals surface area contributed by atoms with Gasteiger partial charge in [0.2, 0.25) is 0 Å². The molecule has 1 aromatic heterocycles. The quantitative estimate of drug-likeness (QED) is 0.746. The molecule has 1 saturated heterocycles. The molecule has 1 aliphatic rings. The number of piperidine rings is 1. The first-order chi connectivity index (χ1) is 6.81. The third kappa shape index (κ3) is 1.83. The third-order valence-corrected chi connectivity index (χ3v) is 3.12.